The molecule has 7 heteroatoms. The molecule has 2 aromatic heterocycles. The lowest BCUT2D eigenvalue weighted by molar-refractivity contribution is 0.0600. The Morgan fingerprint density at radius 3 is 2.74 bits per heavy atom. The van der Waals surface area contributed by atoms with Crippen LogP contribution >= 0.6 is 0 Å². The summed E-state index contributed by atoms with van der Waals surface area (Å²) in [6, 6.07) is 11.3. The Morgan fingerprint density at radius 2 is 1.96 bits per heavy atom. The molecule has 0 atom stereocenters. The number of amides is 2. The number of nitrogens with zero attached hydrogens (tertiary/aromatic N) is 3. The summed E-state index contributed by atoms with van der Waals surface area (Å²) in [4.78, 5) is 30.0. The van der Waals surface area contributed by atoms with Crippen molar-refractivity contribution in [2.75, 3.05) is 23.9 Å². The molecule has 1 aliphatic heterocycles. The van der Waals surface area contributed by atoms with Crippen LogP contribution < -0.4 is 10.2 Å². The fourth-order valence-corrected chi connectivity index (χ4v) is 3.20. The van der Waals surface area contributed by atoms with E-state index in [1.165, 1.54) is 19.5 Å². The number of methoxy groups -OCH3 is 1. The molecule has 3 heterocycles. The highest BCUT2D eigenvalue weighted by atomic mass is 16.5. The number of esters is 1. The highest BCUT2D eigenvalue weighted by Gasteiger charge is 2.25. The third-order valence-electron chi connectivity index (χ3n) is 4.52. The molecule has 2 amide bonds. The molecule has 0 aliphatic carbocycles. The molecule has 0 unspecified atom stereocenters. The minimum Gasteiger partial charge on any atom is -0.465 e. The van der Waals surface area contributed by atoms with Gasteiger partial charge in [0.05, 0.1) is 24.6 Å². The molecule has 1 aromatic carbocycles. The number of fused-ring (bicyclic) bond motifs is 1. The topological polar surface area (TPSA) is 76.5 Å². The number of nitrogens with one attached hydrogen (secondary N) is 1. The maximum atomic E-state index is 12.7. The van der Waals surface area contributed by atoms with Crippen LogP contribution in [0.4, 0.5) is 16.2 Å². The van der Waals surface area contributed by atoms with Crippen LogP contribution in [0.15, 0.2) is 61.2 Å². The molecule has 0 bridgehead atoms. The van der Waals surface area contributed by atoms with Crippen LogP contribution in [0.2, 0.25) is 0 Å². The third-order valence-corrected chi connectivity index (χ3v) is 4.52. The quantitative estimate of drug-likeness (QED) is 0.726. The van der Waals surface area contributed by atoms with E-state index in [1.54, 1.807) is 11.0 Å². The Labute approximate surface area is 156 Å². The van der Waals surface area contributed by atoms with Gasteiger partial charge in [0, 0.05) is 36.5 Å². The summed E-state index contributed by atoms with van der Waals surface area (Å²) < 4.78 is 6.72. The average Bonchev–Trinajstić information content (AvgIpc) is 3.36. The molecule has 0 spiro atoms. The Balaban J connectivity index is 1.53. The first kappa shape index (κ1) is 16.8. The van der Waals surface area contributed by atoms with E-state index in [4.69, 9.17) is 0 Å². The first-order chi connectivity index (χ1) is 13.2. The minimum absolute atomic E-state index is 0.258. The summed E-state index contributed by atoms with van der Waals surface area (Å²) in [5, 5.41) is 2.80. The summed E-state index contributed by atoms with van der Waals surface area (Å²) in [6.45, 7) is 0.598. The van der Waals surface area contributed by atoms with Crippen molar-refractivity contribution in [2.24, 2.45) is 0 Å². The molecule has 1 aliphatic rings. The van der Waals surface area contributed by atoms with Crippen molar-refractivity contribution in [1.82, 2.24) is 9.55 Å². The predicted molar refractivity (Wildman–Crippen MR) is 101 cm³/mol. The predicted octanol–water partition coefficient (Wildman–Crippen LogP) is 3.25. The summed E-state index contributed by atoms with van der Waals surface area (Å²) in [6.07, 6.45) is 7.66. The van der Waals surface area contributed by atoms with Gasteiger partial charge in [0.2, 0.25) is 0 Å². The van der Waals surface area contributed by atoms with E-state index >= 15 is 0 Å². The van der Waals surface area contributed by atoms with Gasteiger partial charge in [0.1, 0.15) is 0 Å². The smallest absolute Gasteiger partial charge is 0.339 e. The Hall–Kier alpha value is -3.61. The molecular weight excluding hydrogens is 344 g/mol. The number of rotatable bonds is 3. The number of pyridine rings is 1. The van der Waals surface area contributed by atoms with E-state index < -0.39 is 5.97 Å². The van der Waals surface area contributed by atoms with Crippen molar-refractivity contribution in [2.45, 2.75) is 6.42 Å². The van der Waals surface area contributed by atoms with E-state index in [0.717, 1.165) is 23.4 Å². The fourth-order valence-electron chi connectivity index (χ4n) is 3.20. The maximum Gasteiger partial charge on any atom is 0.339 e. The van der Waals surface area contributed by atoms with E-state index in [1.807, 2.05) is 41.2 Å². The molecule has 27 heavy (non-hydrogen) atoms. The van der Waals surface area contributed by atoms with Crippen LogP contribution in [0.5, 0.6) is 0 Å². The van der Waals surface area contributed by atoms with Crippen molar-refractivity contribution in [3.8, 4) is 5.69 Å². The molecule has 1 N–H and O–H groups in total. The summed E-state index contributed by atoms with van der Waals surface area (Å²) in [5.41, 5.74) is 3.81. The Bertz CT molecular complexity index is 998. The minimum atomic E-state index is -0.498. The monoisotopic (exact) mass is 362 g/mol. The van der Waals surface area contributed by atoms with Crippen molar-refractivity contribution >= 4 is 23.4 Å². The lowest BCUT2D eigenvalue weighted by atomic mass is 10.1. The second kappa shape index (κ2) is 6.95. The standard InChI is InChI=1S/C20H18N4O3/c1-27-19(25)15-10-16(13-21-12-15)22-20(26)24-9-6-14-11-17(4-5-18(14)24)23-7-2-3-8-23/h2-5,7-8,10-13H,6,9H2,1H3,(H,22,26). The van der Waals surface area contributed by atoms with Crippen LogP contribution in [-0.4, -0.2) is 35.2 Å². The summed E-state index contributed by atoms with van der Waals surface area (Å²) in [7, 11) is 1.30. The van der Waals surface area contributed by atoms with Gasteiger partial charge in [0.15, 0.2) is 0 Å². The maximum absolute atomic E-state index is 12.7. The summed E-state index contributed by atoms with van der Waals surface area (Å²) >= 11 is 0. The zero-order valence-electron chi connectivity index (χ0n) is 14.8. The number of hydrogen-bond donors (Lipinski definition) is 1. The van der Waals surface area contributed by atoms with E-state index in [2.05, 4.69) is 21.1 Å². The largest absolute Gasteiger partial charge is 0.465 e. The first-order valence-electron chi connectivity index (χ1n) is 8.54. The van der Waals surface area contributed by atoms with Gasteiger partial charge in [-0.2, -0.15) is 0 Å². The van der Waals surface area contributed by atoms with Crippen molar-refractivity contribution in [3.05, 3.63) is 72.3 Å². The number of ether oxygens (including phenoxy) is 1. The Kier molecular flexibility index (Phi) is 4.33. The molecule has 0 saturated carbocycles. The van der Waals surface area contributed by atoms with Crippen LogP contribution in [0.25, 0.3) is 5.69 Å². The molecule has 7 nitrogen and oxygen atoms in total. The lowest BCUT2D eigenvalue weighted by Gasteiger charge is -2.18. The third kappa shape index (κ3) is 3.27. The lowest BCUT2D eigenvalue weighted by Crippen LogP contribution is -2.33. The van der Waals surface area contributed by atoms with Crippen molar-refractivity contribution < 1.29 is 14.3 Å². The first-order valence-corrected chi connectivity index (χ1v) is 8.54. The number of carbonyl (C=O) groups is 2. The number of benzene rings is 1. The van der Waals surface area contributed by atoms with Crippen LogP contribution in [0.1, 0.15) is 15.9 Å². The molecular formula is C20H18N4O3. The second-order valence-electron chi connectivity index (χ2n) is 6.19. The molecule has 0 fully saturated rings. The number of urea groups is 1. The highest BCUT2D eigenvalue weighted by molar-refractivity contribution is 6.03. The highest BCUT2D eigenvalue weighted by Crippen LogP contribution is 2.30. The van der Waals surface area contributed by atoms with Gasteiger partial charge < -0.3 is 14.6 Å². The molecule has 4 rings (SSSR count). The average molecular weight is 362 g/mol. The number of anilines is 2. The number of hydrogen-bond acceptors (Lipinski definition) is 4. The van der Waals surface area contributed by atoms with E-state index in [0.29, 0.717) is 12.2 Å². The molecule has 0 radical (unpaired) electrons. The van der Waals surface area contributed by atoms with Gasteiger partial charge in [0.25, 0.3) is 0 Å². The van der Waals surface area contributed by atoms with Gasteiger partial charge in [-0.3, -0.25) is 9.88 Å². The number of carbonyl (C=O) groups excluding carboxylic acids is 2. The summed E-state index contributed by atoms with van der Waals surface area (Å²) in [5.74, 6) is -0.498. The van der Waals surface area contributed by atoms with Gasteiger partial charge >= 0.3 is 12.0 Å². The van der Waals surface area contributed by atoms with Gasteiger partial charge in [-0.15, -0.1) is 0 Å². The van der Waals surface area contributed by atoms with E-state index in [9.17, 15) is 9.59 Å². The van der Waals surface area contributed by atoms with Crippen molar-refractivity contribution in [1.29, 1.82) is 0 Å². The SMILES string of the molecule is COC(=O)c1cncc(NC(=O)N2CCc3cc(-n4cccc4)ccc32)c1. The van der Waals surface area contributed by atoms with Crippen LogP contribution in [-0.2, 0) is 11.2 Å². The van der Waals surface area contributed by atoms with Gasteiger partial charge in [-0.1, -0.05) is 0 Å². The van der Waals surface area contributed by atoms with Crippen LogP contribution in [0, 0.1) is 0 Å². The number of aromatic nitrogens is 2. The fraction of sp³-hybridized carbons (Fsp3) is 0.150. The molecule has 3 aromatic rings. The molecule has 0 saturated heterocycles. The van der Waals surface area contributed by atoms with Gasteiger partial charge in [-0.05, 0) is 48.4 Å². The van der Waals surface area contributed by atoms with Gasteiger partial charge in [-0.25, -0.2) is 9.59 Å². The molecule has 136 valence electrons. The second-order valence-corrected chi connectivity index (χ2v) is 6.19. The Morgan fingerprint density at radius 1 is 1.15 bits per heavy atom. The normalized spacial score (nSPS) is 12.6. The van der Waals surface area contributed by atoms with Crippen LogP contribution in [0.3, 0.4) is 0 Å². The zero-order valence-corrected chi connectivity index (χ0v) is 14.8. The van der Waals surface area contributed by atoms with E-state index in [-0.39, 0.29) is 11.6 Å². The zero-order chi connectivity index (χ0) is 18.8. The van der Waals surface area contributed by atoms with Crippen molar-refractivity contribution in [3.63, 3.8) is 0 Å².